The van der Waals surface area contributed by atoms with E-state index in [0.717, 1.165) is 23.8 Å². The second-order valence-corrected chi connectivity index (χ2v) is 9.57. The van der Waals surface area contributed by atoms with E-state index in [0.29, 0.717) is 66.1 Å². The fraction of sp³-hybridized carbons (Fsp3) is 0.441. The number of benzene rings is 3. The van der Waals surface area contributed by atoms with Crippen molar-refractivity contribution in [2.45, 2.75) is 19.3 Å². The molecule has 0 heterocycles. The summed E-state index contributed by atoms with van der Waals surface area (Å²) in [6.45, 7) is 1.06. The molecule has 0 unspecified atom stereocenters. The van der Waals surface area contributed by atoms with Gasteiger partial charge in [0.15, 0.2) is 29.3 Å². The Labute approximate surface area is 291 Å². The fourth-order valence-corrected chi connectivity index (χ4v) is 3.25. The minimum atomic E-state index is 0.0897. The summed E-state index contributed by atoms with van der Waals surface area (Å²) in [5.41, 5.74) is 0.497. The maximum absolute atomic E-state index is 10.5. The molecule has 48 heavy (non-hydrogen) atoms. The van der Waals surface area contributed by atoms with Crippen LogP contribution in [0, 0.1) is 0 Å². The number of phenols is 1. The van der Waals surface area contributed by atoms with E-state index in [1.54, 1.807) is 77.0 Å². The number of alkyl halides is 1. The van der Waals surface area contributed by atoms with Crippen LogP contribution in [-0.2, 0) is 0 Å². The smallest absolute Gasteiger partial charge is 0.164 e. The molecule has 14 heteroatoms. The number of aliphatic hydroxyl groups excluding tert-OH is 4. The predicted molar refractivity (Wildman–Crippen MR) is 187 cm³/mol. The fourth-order valence-electron chi connectivity index (χ4n) is 3.00. The van der Waals surface area contributed by atoms with E-state index in [1.807, 2.05) is 0 Å². The number of aldehydes is 1. The minimum absolute atomic E-state index is 0.0897. The van der Waals surface area contributed by atoms with E-state index in [-0.39, 0.29) is 25.6 Å². The summed E-state index contributed by atoms with van der Waals surface area (Å²) in [6, 6.07) is 15.3. The van der Waals surface area contributed by atoms with Crippen molar-refractivity contribution in [1.29, 1.82) is 0 Å². The molecule has 13 nitrogen and oxygen atoms in total. The number of rotatable bonds is 15. The molecule has 3 aromatic rings. The van der Waals surface area contributed by atoms with Gasteiger partial charge in [0.05, 0.1) is 54.8 Å². The van der Waals surface area contributed by atoms with Gasteiger partial charge in [-0.25, -0.2) is 0 Å². The molecule has 0 aliphatic rings. The molecule has 0 aromatic heterocycles. The van der Waals surface area contributed by atoms with Crippen LogP contribution in [-0.4, -0.2) is 113 Å². The molecular weight excluding hydrogens is 696 g/mol. The second kappa shape index (κ2) is 31.6. The van der Waals surface area contributed by atoms with Gasteiger partial charge in [-0.3, -0.25) is 4.79 Å². The van der Waals surface area contributed by atoms with E-state index < -0.39 is 0 Å². The molecule has 3 aromatic carbocycles. The first-order valence-electron chi connectivity index (χ1n) is 14.7. The maximum Gasteiger partial charge on any atom is 0.164 e. The highest BCUT2D eigenvalue weighted by atomic mass is 79.9. The first-order chi connectivity index (χ1) is 23.2. The molecule has 0 fully saturated rings. The van der Waals surface area contributed by atoms with Gasteiger partial charge in [-0.2, -0.15) is 0 Å². The SMILES string of the molecule is COc1ccc(OC)c(C=O)c1.COc1ccc(OC)c(O)c1.COc1ccc(OC)c(OCCCO)c1.OCCCBr.OCCCO. The number of aliphatic hydroxyl groups is 4. The summed E-state index contributed by atoms with van der Waals surface area (Å²) in [6.07, 6.45) is 2.70. The van der Waals surface area contributed by atoms with Crippen molar-refractivity contribution in [2.75, 3.05) is 81.0 Å². The van der Waals surface area contributed by atoms with Crippen LogP contribution in [0.1, 0.15) is 29.6 Å². The third-order valence-corrected chi connectivity index (χ3v) is 6.05. The van der Waals surface area contributed by atoms with Gasteiger partial charge >= 0.3 is 0 Å². The highest BCUT2D eigenvalue weighted by Gasteiger charge is 2.06. The number of ether oxygens (including phenoxy) is 7. The van der Waals surface area contributed by atoms with Crippen molar-refractivity contribution >= 4 is 22.2 Å². The molecule has 0 saturated heterocycles. The van der Waals surface area contributed by atoms with Crippen molar-refractivity contribution in [2.24, 2.45) is 0 Å². The van der Waals surface area contributed by atoms with Gasteiger partial charge in [0.25, 0.3) is 0 Å². The predicted octanol–water partition coefficient (Wildman–Crippen LogP) is 4.52. The lowest BCUT2D eigenvalue weighted by molar-refractivity contribution is 0.112. The average molecular weight is 748 g/mol. The number of aromatic hydroxyl groups is 1. The van der Waals surface area contributed by atoms with Crippen molar-refractivity contribution in [3.05, 3.63) is 60.2 Å². The number of carbonyl (C=O) groups excluding carboxylic acids is 1. The normalized spacial score (nSPS) is 9.23. The Morgan fingerprint density at radius 1 is 0.562 bits per heavy atom. The third kappa shape index (κ3) is 21.0. The highest BCUT2D eigenvalue weighted by molar-refractivity contribution is 9.09. The van der Waals surface area contributed by atoms with Crippen LogP contribution in [0.2, 0.25) is 0 Å². The van der Waals surface area contributed by atoms with Crippen LogP contribution in [0.25, 0.3) is 0 Å². The van der Waals surface area contributed by atoms with Gasteiger partial charge in [0, 0.05) is 50.3 Å². The highest BCUT2D eigenvalue weighted by Crippen LogP contribution is 2.31. The quantitative estimate of drug-likeness (QED) is 0.0833. The molecule has 0 aliphatic carbocycles. The zero-order valence-corrected chi connectivity index (χ0v) is 30.1. The van der Waals surface area contributed by atoms with Gasteiger partial charge in [-0.05, 0) is 55.3 Å². The van der Waals surface area contributed by atoms with E-state index in [4.69, 9.17) is 53.6 Å². The van der Waals surface area contributed by atoms with Gasteiger partial charge in [-0.15, -0.1) is 0 Å². The molecular formula is C34H51BrO13. The summed E-state index contributed by atoms with van der Waals surface area (Å²) in [5.74, 6) is 4.37. The number of hydrogen-bond donors (Lipinski definition) is 5. The zero-order valence-electron chi connectivity index (χ0n) is 28.5. The number of hydrogen-bond acceptors (Lipinski definition) is 13. The molecule has 272 valence electrons. The topological polar surface area (TPSA) is 183 Å². The molecule has 0 bridgehead atoms. The third-order valence-electron chi connectivity index (χ3n) is 5.49. The van der Waals surface area contributed by atoms with Gasteiger partial charge in [0.1, 0.15) is 23.0 Å². The Morgan fingerprint density at radius 3 is 1.40 bits per heavy atom. The van der Waals surface area contributed by atoms with Gasteiger partial charge < -0.3 is 58.7 Å². The lowest BCUT2D eigenvalue weighted by Crippen LogP contribution is -2.01. The number of phenolic OH excluding ortho intramolecular Hbond substituents is 1. The van der Waals surface area contributed by atoms with Crippen LogP contribution in [0.4, 0.5) is 0 Å². The minimum Gasteiger partial charge on any atom is -0.504 e. The second-order valence-electron chi connectivity index (χ2n) is 8.77. The van der Waals surface area contributed by atoms with Crippen LogP contribution in [0.3, 0.4) is 0 Å². The van der Waals surface area contributed by atoms with Crippen LogP contribution in [0.5, 0.6) is 46.0 Å². The monoisotopic (exact) mass is 746 g/mol. The molecule has 0 spiro atoms. The lowest BCUT2D eigenvalue weighted by atomic mass is 10.2. The van der Waals surface area contributed by atoms with Crippen molar-refractivity contribution < 1.29 is 63.5 Å². The summed E-state index contributed by atoms with van der Waals surface area (Å²) >= 11 is 3.15. The number of halogens is 1. The van der Waals surface area contributed by atoms with E-state index in [9.17, 15) is 9.90 Å². The molecule has 0 amide bonds. The van der Waals surface area contributed by atoms with Crippen molar-refractivity contribution in [1.82, 2.24) is 0 Å². The molecule has 3 rings (SSSR count). The lowest BCUT2D eigenvalue weighted by Gasteiger charge is -2.11. The van der Waals surface area contributed by atoms with E-state index in [2.05, 4.69) is 15.9 Å². The zero-order chi connectivity index (χ0) is 36.6. The maximum atomic E-state index is 10.5. The summed E-state index contributed by atoms with van der Waals surface area (Å²) < 4.78 is 35.3. The Hall–Kier alpha value is -3.95. The first kappa shape index (κ1) is 46.2. The number of carbonyl (C=O) groups is 1. The van der Waals surface area contributed by atoms with E-state index >= 15 is 0 Å². The molecule has 5 N–H and O–H groups in total. The van der Waals surface area contributed by atoms with Crippen molar-refractivity contribution in [3.8, 4) is 46.0 Å². The standard InChI is InChI=1S/C11H16O4.C9H10O3.C8H10O3.C3H7BrO.C3H8O2/c1-13-9-4-5-10(14-2)11(8-9)15-7-3-6-12;1-11-8-3-4-9(12-2)7(5-8)6-10;1-10-6-3-4-8(11-2)7(9)5-6;2*4-2-1-3-5/h4-5,8,12H,3,6-7H2,1-2H3;3-6H,1-2H3;3-5,9H,1-2H3;5H,1-3H2;4-5H,1-3H2. The Bertz CT molecular complexity index is 1200. The summed E-state index contributed by atoms with van der Waals surface area (Å²) in [4.78, 5) is 10.5. The molecule has 0 radical (unpaired) electrons. The van der Waals surface area contributed by atoms with Crippen LogP contribution >= 0.6 is 15.9 Å². The van der Waals surface area contributed by atoms with Gasteiger partial charge in [0.2, 0.25) is 0 Å². The van der Waals surface area contributed by atoms with Crippen LogP contribution in [0.15, 0.2) is 54.6 Å². The van der Waals surface area contributed by atoms with Crippen LogP contribution < -0.4 is 33.2 Å². The largest absolute Gasteiger partial charge is 0.504 e. The molecule has 0 saturated carbocycles. The summed E-state index contributed by atoms with van der Waals surface area (Å²) in [5, 5.41) is 42.6. The molecule has 0 atom stereocenters. The Balaban J connectivity index is 0. The Morgan fingerprint density at radius 2 is 1.02 bits per heavy atom. The van der Waals surface area contributed by atoms with Gasteiger partial charge in [-0.1, -0.05) is 15.9 Å². The first-order valence-corrected chi connectivity index (χ1v) is 15.8. The van der Waals surface area contributed by atoms with Crippen molar-refractivity contribution in [3.63, 3.8) is 0 Å². The summed E-state index contributed by atoms with van der Waals surface area (Å²) in [7, 11) is 9.30. The molecule has 0 aliphatic heterocycles. The van der Waals surface area contributed by atoms with E-state index in [1.165, 1.54) is 20.3 Å². The Kier molecular flexibility index (Phi) is 30.4. The number of methoxy groups -OCH3 is 6. The average Bonchev–Trinajstić information content (AvgIpc) is 3.13.